The van der Waals surface area contributed by atoms with Crippen LogP contribution in [0.3, 0.4) is 0 Å². The van der Waals surface area contributed by atoms with E-state index in [0.29, 0.717) is 25.2 Å². The minimum atomic E-state index is -0.268. The van der Waals surface area contributed by atoms with E-state index in [1.54, 1.807) is 13.1 Å². The van der Waals surface area contributed by atoms with Crippen LogP contribution in [0, 0.1) is 11.8 Å². The Hall–Kier alpha value is -1.51. The van der Waals surface area contributed by atoms with Crippen LogP contribution >= 0.6 is 11.6 Å². The van der Waals surface area contributed by atoms with Crippen molar-refractivity contribution < 1.29 is 0 Å². The second-order valence-electron chi connectivity index (χ2n) is 4.31. The molecule has 0 bridgehead atoms. The predicted octanol–water partition coefficient (Wildman–Crippen LogP) is 1.28. The van der Waals surface area contributed by atoms with Crippen molar-refractivity contribution in [3.05, 3.63) is 21.6 Å². The van der Waals surface area contributed by atoms with Crippen LogP contribution in [-0.4, -0.2) is 41.9 Å². The molecule has 0 saturated heterocycles. The van der Waals surface area contributed by atoms with Gasteiger partial charge in [-0.3, -0.25) is 4.79 Å². The summed E-state index contributed by atoms with van der Waals surface area (Å²) in [6.45, 7) is 3.69. The number of nitrogens with one attached hydrogen (secondary N) is 1. The fourth-order valence-corrected chi connectivity index (χ4v) is 1.64. The average molecular weight is 283 g/mol. The van der Waals surface area contributed by atoms with Gasteiger partial charge in [0.1, 0.15) is 5.02 Å². The van der Waals surface area contributed by atoms with E-state index in [2.05, 4.69) is 22.3 Å². The Balaban J connectivity index is 2.73. The number of nitrogens with zero attached hydrogens (tertiary/aromatic N) is 3. The molecule has 1 rings (SSSR count). The quantitative estimate of drug-likeness (QED) is 0.631. The van der Waals surface area contributed by atoms with Gasteiger partial charge in [0.15, 0.2) is 0 Å². The van der Waals surface area contributed by atoms with Gasteiger partial charge in [-0.1, -0.05) is 11.6 Å². The number of anilines is 1. The Morgan fingerprint density at radius 3 is 2.89 bits per heavy atom. The Morgan fingerprint density at radius 1 is 1.53 bits per heavy atom. The highest BCUT2D eigenvalue weighted by molar-refractivity contribution is 6.32. The van der Waals surface area contributed by atoms with Crippen molar-refractivity contribution in [1.29, 1.82) is 0 Å². The maximum Gasteiger partial charge on any atom is 0.287 e. The molecule has 19 heavy (non-hydrogen) atoms. The molecule has 1 aromatic rings. The second-order valence-corrected chi connectivity index (χ2v) is 4.69. The van der Waals surface area contributed by atoms with Crippen LogP contribution in [0.4, 0.5) is 5.69 Å². The topological polar surface area (TPSA) is 50.2 Å². The molecule has 0 saturated carbocycles. The lowest BCUT2D eigenvalue weighted by Gasteiger charge is -2.12. The van der Waals surface area contributed by atoms with Crippen LogP contribution in [0.1, 0.15) is 13.3 Å². The smallest absolute Gasteiger partial charge is 0.287 e. The molecule has 0 radical (unpaired) electrons. The van der Waals surface area contributed by atoms with Crippen LogP contribution in [0.5, 0.6) is 0 Å². The van der Waals surface area contributed by atoms with E-state index in [4.69, 9.17) is 11.6 Å². The van der Waals surface area contributed by atoms with E-state index in [0.717, 1.165) is 6.54 Å². The van der Waals surface area contributed by atoms with Crippen molar-refractivity contribution in [2.75, 3.05) is 32.5 Å². The zero-order valence-electron chi connectivity index (χ0n) is 11.5. The molecule has 0 aromatic carbocycles. The number of rotatable bonds is 6. The second kappa shape index (κ2) is 7.82. The molecule has 0 aliphatic heterocycles. The minimum absolute atomic E-state index is 0.179. The fourth-order valence-electron chi connectivity index (χ4n) is 1.43. The molecular formula is C13H19ClN4O. The van der Waals surface area contributed by atoms with Gasteiger partial charge in [-0.25, -0.2) is 4.68 Å². The molecular weight excluding hydrogens is 264 g/mol. The van der Waals surface area contributed by atoms with Gasteiger partial charge >= 0.3 is 0 Å². The zero-order chi connectivity index (χ0) is 14.3. The molecule has 1 heterocycles. The third kappa shape index (κ3) is 4.93. The molecule has 0 aliphatic rings. The summed E-state index contributed by atoms with van der Waals surface area (Å²) in [6.07, 6.45) is 2.29. The number of likely N-dealkylation sites (N-methyl/N-ethyl adjacent to an activating group) is 1. The van der Waals surface area contributed by atoms with E-state index in [-0.39, 0.29) is 10.6 Å². The summed E-state index contributed by atoms with van der Waals surface area (Å²) >= 11 is 6.04. The molecule has 0 amide bonds. The number of hydrogen-bond donors (Lipinski definition) is 1. The van der Waals surface area contributed by atoms with Gasteiger partial charge in [0.05, 0.1) is 18.4 Å². The number of halogens is 1. The average Bonchev–Trinajstić information content (AvgIpc) is 2.38. The summed E-state index contributed by atoms with van der Waals surface area (Å²) in [6, 6.07) is 0. The van der Waals surface area contributed by atoms with Gasteiger partial charge in [-0.05, 0) is 21.0 Å². The van der Waals surface area contributed by atoms with Crippen molar-refractivity contribution in [3.63, 3.8) is 0 Å². The van der Waals surface area contributed by atoms with Gasteiger partial charge in [0, 0.05) is 19.5 Å². The van der Waals surface area contributed by atoms with Crippen LogP contribution < -0.4 is 10.9 Å². The van der Waals surface area contributed by atoms with Gasteiger partial charge in [-0.2, -0.15) is 5.10 Å². The monoisotopic (exact) mass is 282 g/mol. The molecule has 1 N–H and O–H groups in total. The first kappa shape index (κ1) is 15.5. The first-order valence-corrected chi connectivity index (χ1v) is 6.48. The molecule has 104 valence electrons. The van der Waals surface area contributed by atoms with Crippen molar-refractivity contribution in [2.24, 2.45) is 0 Å². The Morgan fingerprint density at radius 2 is 2.26 bits per heavy atom. The first-order valence-electron chi connectivity index (χ1n) is 6.10. The Bertz CT molecular complexity index is 528. The third-order valence-corrected chi connectivity index (χ3v) is 2.85. The standard InChI is InChI=1S/C13H19ClN4O/c1-4-5-6-7-15-11-10-16-18(9-8-17(2)3)13(19)12(11)14/h10,15H,6-9H2,1-3H3. The lowest BCUT2D eigenvalue weighted by Crippen LogP contribution is -2.29. The van der Waals surface area contributed by atoms with Gasteiger partial charge in [0.2, 0.25) is 0 Å². The van der Waals surface area contributed by atoms with Crippen LogP contribution in [-0.2, 0) is 6.54 Å². The summed E-state index contributed by atoms with van der Waals surface area (Å²) in [5.41, 5.74) is 0.292. The predicted molar refractivity (Wildman–Crippen MR) is 78.6 cm³/mol. The summed E-state index contributed by atoms with van der Waals surface area (Å²) < 4.78 is 1.37. The first-order chi connectivity index (χ1) is 9.06. The summed E-state index contributed by atoms with van der Waals surface area (Å²) in [5, 5.41) is 7.34. The largest absolute Gasteiger partial charge is 0.381 e. The zero-order valence-corrected chi connectivity index (χ0v) is 12.3. The molecule has 0 fully saturated rings. The highest BCUT2D eigenvalue weighted by Crippen LogP contribution is 2.14. The van der Waals surface area contributed by atoms with Crippen molar-refractivity contribution in [3.8, 4) is 11.8 Å². The molecule has 0 spiro atoms. The van der Waals surface area contributed by atoms with E-state index >= 15 is 0 Å². The van der Waals surface area contributed by atoms with Gasteiger partial charge in [0.25, 0.3) is 5.56 Å². The highest BCUT2D eigenvalue weighted by Gasteiger charge is 2.08. The van der Waals surface area contributed by atoms with Crippen molar-refractivity contribution in [2.45, 2.75) is 19.9 Å². The fraction of sp³-hybridized carbons (Fsp3) is 0.538. The summed E-state index contributed by atoms with van der Waals surface area (Å²) in [4.78, 5) is 14.0. The van der Waals surface area contributed by atoms with E-state index in [9.17, 15) is 4.79 Å². The molecule has 0 unspecified atom stereocenters. The highest BCUT2D eigenvalue weighted by atomic mass is 35.5. The van der Waals surface area contributed by atoms with Crippen molar-refractivity contribution >= 4 is 17.3 Å². The van der Waals surface area contributed by atoms with Gasteiger partial charge in [-0.15, -0.1) is 11.8 Å². The van der Waals surface area contributed by atoms with Gasteiger partial charge < -0.3 is 10.2 Å². The maximum atomic E-state index is 12.0. The summed E-state index contributed by atoms with van der Waals surface area (Å²) in [7, 11) is 3.88. The molecule has 0 aliphatic carbocycles. The molecule has 0 atom stereocenters. The third-order valence-electron chi connectivity index (χ3n) is 2.49. The lowest BCUT2D eigenvalue weighted by atomic mass is 10.4. The lowest BCUT2D eigenvalue weighted by molar-refractivity contribution is 0.367. The number of hydrogen-bond acceptors (Lipinski definition) is 4. The maximum absolute atomic E-state index is 12.0. The van der Waals surface area contributed by atoms with Crippen LogP contribution in [0.15, 0.2) is 11.0 Å². The van der Waals surface area contributed by atoms with E-state index in [1.165, 1.54) is 4.68 Å². The Kier molecular flexibility index (Phi) is 6.40. The SMILES string of the molecule is CC#CCCNc1cnn(CCN(C)C)c(=O)c1Cl. The summed E-state index contributed by atoms with van der Waals surface area (Å²) in [5.74, 6) is 5.74. The molecule has 1 aromatic heterocycles. The minimum Gasteiger partial charge on any atom is -0.381 e. The van der Waals surface area contributed by atoms with E-state index < -0.39 is 0 Å². The normalized spacial score (nSPS) is 10.2. The molecule has 6 heteroatoms. The van der Waals surface area contributed by atoms with Crippen LogP contribution in [0.25, 0.3) is 0 Å². The van der Waals surface area contributed by atoms with E-state index in [1.807, 2.05) is 19.0 Å². The Labute approximate surface area is 118 Å². The van der Waals surface area contributed by atoms with Crippen LogP contribution in [0.2, 0.25) is 5.02 Å². The molecule has 5 nitrogen and oxygen atoms in total. The number of aromatic nitrogens is 2. The van der Waals surface area contributed by atoms with Crippen molar-refractivity contribution in [1.82, 2.24) is 14.7 Å².